The van der Waals surface area contributed by atoms with E-state index in [0.717, 1.165) is 19.3 Å². The highest BCUT2D eigenvalue weighted by Crippen LogP contribution is 2.44. The molecule has 0 radical (unpaired) electrons. The van der Waals surface area contributed by atoms with Crippen LogP contribution in [-0.4, -0.2) is 78.5 Å². The summed E-state index contributed by atoms with van der Waals surface area (Å²) in [6.07, 6.45) is 2.56. The number of aliphatic hydroxyl groups is 2. The number of amides is 2. The van der Waals surface area contributed by atoms with Crippen LogP contribution in [0.5, 0.6) is 0 Å². The molecular weight excluding hydrogens is 352 g/mol. The Hall–Kier alpha value is -2.07. The first-order chi connectivity index (χ1) is 13.0. The predicted molar refractivity (Wildman–Crippen MR) is 91.8 cm³/mol. The number of hydrogen-bond acceptors (Lipinski definition) is 7. The number of fused-ring (bicyclic) bond motifs is 1. The van der Waals surface area contributed by atoms with E-state index in [9.17, 15) is 19.8 Å². The quantitative estimate of drug-likeness (QED) is 0.575. The van der Waals surface area contributed by atoms with E-state index in [1.807, 2.05) is 0 Å². The minimum Gasteiger partial charge on any atom is -0.390 e. The second-order valence-electron chi connectivity index (χ2n) is 8.14. The van der Waals surface area contributed by atoms with Crippen molar-refractivity contribution >= 4 is 11.8 Å². The van der Waals surface area contributed by atoms with Crippen LogP contribution < -0.4 is 5.32 Å². The molecule has 3 fully saturated rings. The van der Waals surface area contributed by atoms with Gasteiger partial charge in [-0.3, -0.25) is 9.59 Å². The van der Waals surface area contributed by atoms with Gasteiger partial charge in [-0.25, -0.2) is 4.68 Å². The monoisotopic (exact) mass is 378 g/mol. The number of carbonyl (C=O) groups is 2. The molecule has 148 valence electrons. The molecule has 1 aliphatic heterocycles. The van der Waals surface area contributed by atoms with E-state index < -0.39 is 18.1 Å². The predicted octanol–water partition coefficient (Wildman–Crippen LogP) is -1.60. The normalized spacial score (nSPS) is 36.2. The minimum atomic E-state index is -0.974. The van der Waals surface area contributed by atoms with Crippen molar-refractivity contribution in [2.75, 3.05) is 13.1 Å². The maximum atomic E-state index is 12.9. The molecule has 2 aliphatic carbocycles. The standard InChI is InChI=1S/C17H26N6O4/c1-9-14(17(27)19-10-3-2-4-10)11-5-22(6-12(11)16(26)15(9)25)13(24)7-23-8-18-20-21-23/h8-12,14-16,25-26H,2-7H2,1H3,(H,19,27)/t9-,11+,12+,14+,15+,16+/m1/s1. The average molecular weight is 378 g/mol. The number of aromatic nitrogens is 4. The van der Waals surface area contributed by atoms with Crippen molar-refractivity contribution in [3.63, 3.8) is 0 Å². The van der Waals surface area contributed by atoms with Gasteiger partial charge in [0, 0.05) is 31.0 Å². The zero-order chi connectivity index (χ0) is 19.1. The van der Waals surface area contributed by atoms with Crippen molar-refractivity contribution in [2.24, 2.45) is 23.7 Å². The van der Waals surface area contributed by atoms with Gasteiger partial charge in [0.25, 0.3) is 0 Å². The molecule has 1 saturated heterocycles. The van der Waals surface area contributed by atoms with Gasteiger partial charge >= 0.3 is 0 Å². The number of rotatable bonds is 4. The van der Waals surface area contributed by atoms with Crippen molar-refractivity contribution in [1.82, 2.24) is 30.4 Å². The van der Waals surface area contributed by atoms with E-state index in [1.54, 1.807) is 11.8 Å². The smallest absolute Gasteiger partial charge is 0.244 e. The first kappa shape index (κ1) is 18.3. The summed E-state index contributed by atoms with van der Waals surface area (Å²) in [5.41, 5.74) is 0. The van der Waals surface area contributed by atoms with E-state index in [0.29, 0.717) is 13.1 Å². The van der Waals surface area contributed by atoms with Gasteiger partial charge in [0.1, 0.15) is 12.9 Å². The van der Waals surface area contributed by atoms with Gasteiger partial charge in [0.05, 0.1) is 12.2 Å². The summed E-state index contributed by atoms with van der Waals surface area (Å²) in [6.45, 7) is 2.53. The number of likely N-dealkylation sites (tertiary alicyclic amines) is 1. The molecule has 27 heavy (non-hydrogen) atoms. The van der Waals surface area contributed by atoms with Crippen LogP contribution in [0, 0.1) is 23.7 Å². The van der Waals surface area contributed by atoms with E-state index >= 15 is 0 Å². The van der Waals surface area contributed by atoms with Gasteiger partial charge in [-0.05, 0) is 41.5 Å². The fraction of sp³-hybridized carbons (Fsp3) is 0.824. The lowest BCUT2D eigenvalue weighted by atomic mass is 9.65. The first-order valence-electron chi connectivity index (χ1n) is 9.60. The first-order valence-corrected chi connectivity index (χ1v) is 9.60. The van der Waals surface area contributed by atoms with Crippen LogP contribution in [-0.2, 0) is 16.1 Å². The summed E-state index contributed by atoms with van der Waals surface area (Å²) >= 11 is 0. The Bertz CT molecular complexity index is 694. The van der Waals surface area contributed by atoms with Crippen molar-refractivity contribution in [3.8, 4) is 0 Å². The summed E-state index contributed by atoms with van der Waals surface area (Å²) < 4.78 is 1.35. The SMILES string of the molecule is C[C@H]1[C@H](O)[C@@H](O)[C@H]2CN(C(=O)Cn3cnnn3)C[C@@H]2[C@H]1C(=O)NC1CCC1. The molecule has 2 heterocycles. The Balaban J connectivity index is 1.49. The second-order valence-corrected chi connectivity index (χ2v) is 8.14. The lowest BCUT2D eigenvalue weighted by molar-refractivity contribution is -0.147. The molecule has 3 N–H and O–H groups in total. The molecule has 0 bridgehead atoms. The van der Waals surface area contributed by atoms with Crippen LogP contribution in [0.1, 0.15) is 26.2 Å². The highest BCUT2D eigenvalue weighted by atomic mass is 16.3. The van der Waals surface area contributed by atoms with Crippen LogP contribution in [0.4, 0.5) is 0 Å². The Labute approximate surface area is 156 Å². The van der Waals surface area contributed by atoms with Gasteiger partial charge in [0.2, 0.25) is 11.8 Å². The summed E-state index contributed by atoms with van der Waals surface area (Å²) in [7, 11) is 0. The highest BCUT2D eigenvalue weighted by molar-refractivity contribution is 5.81. The maximum absolute atomic E-state index is 12.9. The molecule has 6 atom stereocenters. The number of hydrogen-bond donors (Lipinski definition) is 3. The summed E-state index contributed by atoms with van der Waals surface area (Å²) in [5.74, 6) is -1.50. The fourth-order valence-electron chi connectivity index (χ4n) is 4.74. The van der Waals surface area contributed by atoms with Gasteiger partial charge in [-0.15, -0.1) is 5.10 Å². The third-order valence-corrected chi connectivity index (χ3v) is 6.56. The summed E-state index contributed by atoms with van der Waals surface area (Å²) in [4.78, 5) is 27.1. The number of tetrazole rings is 1. The average Bonchev–Trinajstić information content (AvgIpc) is 3.26. The minimum absolute atomic E-state index is 0.0135. The van der Waals surface area contributed by atoms with E-state index in [1.165, 1.54) is 11.0 Å². The van der Waals surface area contributed by atoms with Crippen LogP contribution in [0.25, 0.3) is 0 Å². The molecule has 3 aliphatic rings. The van der Waals surface area contributed by atoms with Gasteiger partial charge in [0.15, 0.2) is 0 Å². The third-order valence-electron chi connectivity index (χ3n) is 6.56. The fourth-order valence-corrected chi connectivity index (χ4v) is 4.74. The molecular formula is C17H26N6O4. The van der Waals surface area contributed by atoms with E-state index in [2.05, 4.69) is 20.8 Å². The van der Waals surface area contributed by atoms with Crippen LogP contribution >= 0.6 is 0 Å². The summed E-state index contributed by atoms with van der Waals surface area (Å²) in [5, 5.41) is 34.9. The van der Waals surface area contributed by atoms with E-state index in [-0.39, 0.29) is 42.2 Å². The lowest BCUT2D eigenvalue weighted by Gasteiger charge is -2.44. The van der Waals surface area contributed by atoms with Gasteiger partial charge in [-0.2, -0.15) is 0 Å². The van der Waals surface area contributed by atoms with Gasteiger partial charge < -0.3 is 20.4 Å². The highest BCUT2D eigenvalue weighted by Gasteiger charge is 2.54. The largest absolute Gasteiger partial charge is 0.390 e. The van der Waals surface area contributed by atoms with Crippen molar-refractivity contribution in [3.05, 3.63) is 6.33 Å². The molecule has 10 heteroatoms. The number of carbonyl (C=O) groups excluding carboxylic acids is 2. The molecule has 0 spiro atoms. The van der Waals surface area contributed by atoms with Crippen LogP contribution in [0.2, 0.25) is 0 Å². The lowest BCUT2D eigenvalue weighted by Crippen LogP contribution is -2.57. The van der Waals surface area contributed by atoms with E-state index in [4.69, 9.17) is 0 Å². The third kappa shape index (κ3) is 3.31. The number of nitrogens with one attached hydrogen (secondary N) is 1. The molecule has 2 amide bonds. The molecule has 10 nitrogen and oxygen atoms in total. The molecule has 0 aromatic carbocycles. The Morgan fingerprint density at radius 2 is 1.93 bits per heavy atom. The zero-order valence-corrected chi connectivity index (χ0v) is 15.3. The van der Waals surface area contributed by atoms with Crippen molar-refractivity contribution < 1.29 is 19.8 Å². The topological polar surface area (TPSA) is 133 Å². The second kappa shape index (κ2) is 7.16. The number of nitrogens with zero attached hydrogens (tertiary/aromatic N) is 5. The molecule has 2 saturated carbocycles. The van der Waals surface area contributed by atoms with Crippen molar-refractivity contribution in [2.45, 2.75) is 51.0 Å². The number of aliphatic hydroxyl groups excluding tert-OH is 2. The van der Waals surface area contributed by atoms with Crippen LogP contribution in [0.15, 0.2) is 6.33 Å². The Kier molecular flexibility index (Phi) is 4.85. The molecule has 4 rings (SSSR count). The van der Waals surface area contributed by atoms with Gasteiger partial charge in [-0.1, -0.05) is 6.92 Å². The molecule has 1 aromatic rings. The Morgan fingerprint density at radius 1 is 1.19 bits per heavy atom. The molecule has 0 unspecified atom stereocenters. The maximum Gasteiger partial charge on any atom is 0.244 e. The zero-order valence-electron chi connectivity index (χ0n) is 15.3. The Morgan fingerprint density at radius 3 is 2.56 bits per heavy atom. The molecule has 1 aromatic heterocycles. The summed E-state index contributed by atoms with van der Waals surface area (Å²) in [6, 6.07) is 0.214. The van der Waals surface area contributed by atoms with Crippen molar-refractivity contribution in [1.29, 1.82) is 0 Å². The van der Waals surface area contributed by atoms with Crippen LogP contribution in [0.3, 0.4) is 0 Å².